The number of rotatable bonds is 5. The first-order chi connectivity index (χ1) is 13.1. The van der Waals surface area contributed by atoms with Gasteiger partial charge in [-0.15, -0.1) is 11.3 Å². The molecular weight excluding hydrogens is 471 g/mol. The Labute approximate surface area is 183 Å². The molecule has 0 saturated carbocycles. The van der Waals surface area contributed by atoms with E-state index in [4.69, 9.17) is 39.5 Å². The molecule has 4 atom stereocenters. The Kier molecular flexibility index (Phi) is 6.53. The molecule has 3 heterocycles. The van der Waals surface area contributed by atoms with Crippen LogP contribution in [0.4, 0.5) is 0 Å². The first-order valence-corrected chi connectivity index (χ1v) is 11.4. The van der Waals surface area contributed by atoms with Crippen molar-refractivity contribution in [1.29, 1.82) is 0 Å². The highest BCUT2D eigenvalue weighted by molar-refractivity contribution is 7.92. The van der Waals surface area contributed by atoms with Crippen LogP contribution in [0.1, 0.15) is 4.88 Å². The summed E-state index contributed by atoms with van der Waals surface area (Å²) in [6.07, 6.45) is 0.113. The van der Waals surface area contributed by atoms with Crippen molar-refractivity contribution in [1.82, 2.24) is 10.2 Å². The van der Waals surface area contributed by atoms with E-state index in [1.165, 1.54) is 11.3 Å². The fourth-order valence-corrected chi connectivity index (χ4v) is 5.55. The molecule has 1 N–H and O–H groups in total. The third-order valence-electron chi connectivity index (χ3n) is 4.17. The summed E-state index contributed by atoms with van der Waals surface area (Å²) >= 11 is 16.6. The number of carbonyl (C=O) groups is 3. The van der Waals surface area contributed by atoms with Crippen molar-refractivity contribution in [2.75, 3.05) is 12.4 Å². The summed E-state index contributed by atoms with van der Waals surface area (Å²) < 4.78 is 15.7. The number of esters is 1. The van der Waals surface area contributed by atoms with Gasteiger partial charge in [0.1, 0.15) is 12.4 Å². The second-order valence-electron chi connectivity index (χ2n) is 6.25. The predicted molar refractivity (Wildman–Crippen MR) is 108 cm³/mol. The number of nitrogens with one attached hydrogen (secondary N) is 1. The summed E-state index contributed by atoms with van der Waals surface area (Å²) in [7, 11) is 0. The number of amides is 2. The summed E-state index contributed by atoms with van der Waals surface area (Å²) in [4.78, 5) is 39.2. The Balaban J connectivity index is 1.68. The molecule has 7 nitrogen and oxygen atoms in total. The zero-order chi connectivity index (χ0) is 20.6. The number of halogens is 3. The van der Waals surface area contributed by atoms with Crippen LogP contribution in [0.3, 0.4) is 0 Å². The van der Waals surface area contributed by atoms with Gasteiger partial charge in [-0.3, -0.25) is 14.5 Å². The summed E-state index contributed by atoms with van der Waals surface area (Å²) in [6, 6.07) is 1.52. The van der Waals surface area contributed by atoms with E-state index in [2.05, 4.69) is 11.9 Å². The number of carbonyl (C=O) groups excluding carboxylic acids is 3. The Hall–Kier alpha value is -0.970. The van der Waals surface area contributed by atoms with Crippen LogP contribution in [0.2, 0.25) is 0 Å². The second-order valence-corrected chi connectivity index (χ2v) is 11.3. The van der Waals surface area contributed by atoms with E-state index in [-0.39, 0.29) is 23.7 Å². The van der Waals surface area contributed by atoms with Crippen LogP contribution in [-0.4, -0.2) is 60.8 Å². The maximum absolute atomic E-state index is 12.6. The molecule has 0 radical (unpaired) electrons. The minimum Gasteiger partial charge on any atom is -0.614 e. The zero-order valence-corrected chi connectivity index (χ0v) is 18.1. The van der Waals surface area contributed by atoms with Gasteiger partial charge in [-0.05, 0) is 22.6 Å². The standard InChI is InChI=1S/C16H15Cl3N2O5S2/c1-8-6-28(25)14-11(20-10(22)5-9-3-2-4-27-9)13(23)21(14)12(8)15(24)26-7-16(17,18)19/h2-4,11-12,14H,1,5-7H2,(H,20,22)/t11?,12?,14-,28?/m1/s1. The summed E-state index contributed by atoms with van der Waals surface area (Å²) in [5.74, 6) is -1.72. The summed E-state index contributed by atoms with van der Waals surface area (Å²) in [5.41, 5.74) is 0.264. The number of β-lactam (4-membered cyclic amide) rings is 1. The molecule has 2 saturated heterocycles. The van der Waals surface area contributed by atoms with Crippen LogP contribution in [0.5, 0.6) is 0 Å². The van der Waals surface area contributed by atoms with Gasteiger partial charge in [0.25, 0.3) is 5.91 Å². The Morgan fingerprint density at radius 3 is 2.79 bits per heavy atom. The molecule has 2 aliphatic rings. The van der Waals surface area contributed by atoms with E-state index in [9.17, 15) is 18.9 Å². The third-order valence-corrected chi connectivity index (χ3v) is 7.07. The van der Waals surface area contributed by atoms with Gasteiger partial charge < -0.3 is 14.6 Å². The highest BCUT2D eigenvalue weighted by Gasteiger charge is 2.63. The second kappa shape index (κ2) is 8.41. The van der Waals surface area contributed by atoms with E-state index in [0.717, 1.165) is 9.78 Å². The van der Waals surface area contributed by atoms with Crippen LogP contribution in [-0.2, 0) is 36.7 Å². The van der Waals surface area contributed by atoms with Crippen LogP contribution < -0.4 is 5.32 Å². The average Bonchev–Trinajstić information content (AvgIpc) is 3.09. The molecule has 0 bridgehead atoms. The van der Waals surface area contributed by atoms with Gasteiger partial charge in [0.05, 0.1) is 6.42 Å². The molecule has 2 aliphatic heterocycles. The number of nitrogens with zero attached hydrogens (tertiary/aromatic N) is 1. The largest absolute Gasteiger partial charge is 0.614 e. The minimum absolute atomic E-state index is 0.000718. The van der Waals surface area contributed by atoms with Gasteiger partial charge >= 0.3 is 5.97 Å². The van der Waals surface area contributed by atoms with E-state index in [1.807, 2.05) is 11.4 Å². The normalized spacial score (nSPS) is 27.1. The molecule has 3 rings (SSSR count). The van der Waals surface area contributed by atoms with Crippen molar-refractivity contribution in [2.45, 2.75) is 27.7 Å². The Morgan fingerprint density at radius 1 is 1.46 bits per heavy atom. The molecule has 12 heteroatoms. The monoisotopic (exact) mass is 484 g/mol. The first kappa shape index (κ1) is 21.7. The molecule has 2 fully saturated rings. The lowest BCUT2D eigenvalue weighted by molar-refractivity contribution is -0.163. The lowest BCUT2D eigenvalue weighted by Gasteiger charge is -2.52. The number of alkyl halides is 3. The molecular formula is C16H15Cl3N2O5S2. The number of fused-ring (bicyclic) bond motifs is 1. The lowest BCUT2D eigenvalue weighted by Crippen LogP contribution is -2.78. The molecule has 3 unspecified atom stereocenters. The maximum Gasteiger partial charge on any atom is 0.333 e. The fraction of sp³-hybridized carbons (Fsp3) is 0.438. The number of thiophene rings is 1. The fourth-order valence-electron chi connectivity index (χ4n) is 3.02. The zero-order valence-electron chi connectivity index (χ0n) is 14.2. The van der Waals surface area contributed by atoms with Crippen molar-refractivity contribution in [2.24, 2.45) is 0 Å². The van der Waals surface area contributed by atoms with E-state index >= 15 is 0 Å². The van der Waals surface area contributed by atoms with Gasteiger partial charge in [0.15, 0.2) is 12.1 Å². The van der Waals surface area contributed by atoms with E-state index in [1.54, 1.807) is 6.07 Å². The first-order valence-electron chi connectivity index (χ1n) is 8.00. The van der Waals surface area contributed by atoms with Gasteiger partial charge in [0.2, 0.25) is 15.1 Å². The molecule has 2 amide bonds. The molecule has 1 aromatic heterocycles. The highest BCUT2D eigenvalue weighted by atomic mass is 35.6. The maximum atomic E-state index is 12.6. The SMILES string of the molecule is C=C1C[S+]([O-])[C@@H]2C(NC(=O)Cc3cccs3)C(=O)N2C1C(=O)OCC(Cl)(Cl)Cl. The van der Waals surface area contributed by atoms with Gasteiger partial charge in [-0.2, -0.15) is 0 Å². The van der Waals surface area contributed by atoms with Crippen LogP contribution in [0.15, 0.2) is 29.7 Å². The molecule has 0 aliphatic carbocycles. The van der Waals surface area contributed by atoms with Gasteiger partial charge in [-0.1, -0.05) is 47.4 Å². The number of ether oxygens (including phenoxy) is 1. The summed E-state index contributed by atoms with van der Waals surface area (Å²) in [6.45, 7) is 3.22. The topological polar surface area (TPSA) is 98.8 Å². The lowest BCUT2D eigenvalue weighted by atomic mass is 9.98. The van der Waals surface area contributed by atoms with Crippen molar-refractivity contribution >= 4 is 75.1 Å². The van der Waals surface area contributed by atoms with E-state index < -0.39 is 50.9 Å². The predicted octanol–water partition coefficient (Wildman–Crippen LogP) is 1.54. The Morgan fingerprint density at radius 2 is 2.18 bits per heavy atom. The quantitative estimate of drug-likeness (QED) is 0.224. The van der Waals surface area contributed by atoms with Gasteiger partial charge in [0, 0.05) is 10.5 Å². The molecule has 0 aromatic carbocycles. The molecule has 28 heavy (non-hydrogen) atoms. The van der Waals surface area contributed by atoms with Crippen molar-refractivity contribution in [3.63, 3.8) is 0 Å². The van der Waals surface area contributed by atoms with Crippen LogP contribution in [0.25, 0.3) is 0 Å². The summed E-state index contributed by atoms with van der Waals surface area (Å²) in [5, 5.41) is 3.61. The molecule has 1 aromatic rings. The van der Waals surface area contributed by atoms with Gasteiger partial charge in [-0.25, -0.2) is 4.79 Å². The molecule has 0 spiro atoms. The third kappa shape index (κ3) is 4.60. The number of hydrogen-bond donors (Lipinski definition) is 1. The Bertz CT molecular complexity index is 799. The molecule has 152 valence electrons. The van der Waals surface area contributed by atoms with E-state index in [0.29, 0.717) is 0 Å². The average molecular weight is 486 g/mol. The number of hydrogen-bond acceptors (Lipinski definition) is 6. The minimum atomic E-state index is -1.80. The smallest absolute Gasteiger partial charge is 0.333 e. The van der Waals surface area contributed by atoms with Crippen LogP contribution in [0, 0.1) is 0 Å². The van der Waals surface area contributed by atoms with Crippen molar-refractivity contribution in [3.8, 4) is 0 Å². The van der Waals surface area contributed by atoms with Crippen LogP contribution >= 0.6 is 46.1 Å². The van der Waals surface area contributed by atoms with Crippen molar-refractivity contribution < 1.29 is 23.7 Å². The highest BCUT2D eigenvalue weighted by Crippen LogP contribution is 2.37. The van der Waals surface area contributed by atoms with Crippen molar-refractivity contribution in [3.05, 3.63) is 34.5 Å².